The summed E-state index contributed by atoms with van der Waals surface area (Å²) in [6.45, 7) is 5.96. The first-order valence-electron chi connectivity index (χ1n) is 5.51. The summed E-state index contributed by atoms with van der Waals surface area (Å²) < 4.78 is 0. The first kappa shape index (κ1) is 13.1. The summed E-state index contributed by atoms with van der Waals surface area (Å²) in [6, 6.07) is 4.51. The molecule has 16 heavy (non-hydrogen) atoms. The summed E-state index contributed by atoms with van der Waals surface area (Å²) in [6.07, 6.45) is 4.67. The fourth-order valence-electron chi connectivity index (χ4n) is 1.54. The Morgan fingerprint density at radius 1 is 1.56 bits per heavy atom. The quantitative estimate of drug-likeness (QED) is 0.764. The molecule has 0 amide bonds. The average Bonchev–Trinajstić information content (AvgIpc) is 2.25. The molecule has 4 heteroatoms. The maximum Gasteiger partial charge on any atom is 0.0870 e. The van der Waals surface area contributed by atoms with E-state index in [2.05, 4.69) is 29.8 Å². The zero-order valence-electron chi connectivity index (χ0n) is 9.89. The lowest BCUT2D eigenvalue weighted by Gasteiger charge is -2.25. The van der Waals surface area contributed by atoms with Gasteiger partial charge < -0.3 is 5.73 Å². The van der Waals surface area contributed by atoms with Crippen molar-refractivity contribution in [2.24, 2.45) is 5.73 Å². The largest absolute Gasteiger partial charge is 0.392 e. The standard InChI is InChI=1S/C12H19N3S/c1-10(2)15(9-12(13)16)7-5-11-4-3-6-14-8-11/h3-4,6,8,10H,5,7,9H2,1-2H3,(H2,13,16). The normalized spacial score (nSPS) is 11.0. The van der Waals surface area contributed by atoms with E-state index in [1.165, 1.54) is 5.56 Å². The molecule has 0 aliphatic heterocycles. The highest BCUT2D eigenvalue weighted by Gasteiger charge is 2.10. The Hall–Kier alpha value is -1.00. The van der Waals surface area contributed by atoms with Gasteiger partial charge in [-0.3, -0.25) is 9.88 Å². The molecule has 0 aromatic carbocycles. The molecule has 0 unspecified atom stereocenters. The summed E-state index contributed by atoms with van der Waals surface area (Å²) >= 11 is 4.95. The van der Waals surface area contributed by atoms with E-state index in [0.717, 1.165) is 13.0 Å². The summed E-state index contributed by atoms with van der Waals surface area (Å²) in [5.41, 5.74) is 6.82. The molecule has 1 rings (SSSR count). The van der Waals surface area contributed by atoms with E-state index in [9.17, 15) is 0 Å². The second kappa shape index (κ2) is 6.55. The second-order valence-electron chi connectivity index (χ2n) is 4.14. The molecule has 0 fully saturated rings. The van der Waals surface area contributed by atoms with E-state index >= 15 is 0 Å². The van der Waals surface area contributed by atoms with Crippen LogP contribution >= 0.6 is 12.2 Å². The van der Waals surface area contributed by atoms with E-state index in [0.29, 0.717) is 17.6 Å². The van der Waals surface area contributed by atoms with Gasteiger partial charge in [0.05, 0.1) is 4.99 Å². The van der Waals surface area contributed by atoms with Gasteiger partial charge in [0.1, 0.15) is 0 Å². The minimum absolute atomic E-state index is 0.457. The van der Waals surface area contributed by atoms with Crippen LogP contribution in [0.5, 0.6) is 0 Å². The van der Waals surface area contributed by atoms with Crippen molar-refractivity contribution < 1.29 is 0 Å². The Bertz CT molecular complexity index is 324. The van der Waals surface area contributed by atoms with Gasteiger partial charge in [-0.1, -0.05) is 18.3 Å². The summed E-state index contributed by atoms with van der Waals surface area (Å²) in [4.78, 5) is 6.93. The average molecular weight is 237 g/mol. The number of aromatic nitrogens is 1. The van der Waals surface area contributed by atoms with Gasteiger partial charge in [-0.15, -0.1) is 0 Å². The van der Waals surface area contributed by atoms with Gasteiger partial charge in [0.25, 0.3) is 0 Å². The Kier molecular flexibility index (Phi) is 5.35. The maximum atomic E-state index is 5.58. The molecule has 3 nitrogen and oxygen atoms in total. The van der Waals surface area contributed by atoms with Crippen molar-refractivity contribution in [3.8, 4) is 0 Å². The van der Waals surface area contributed by atoms with Gasteiger partial charge in [0.15, 0.2) is 0 Å². The second-order valence-corrected chi connectivity index (χ2v) is 4.67. The molecular formula is C12H19N3S. The minimum atomic E-state index is 0.457. The zero-order valence-corrected chi connectivity index (χ0v) is 10.7. The fourth-order valence-corrected chi connectivity index (χ4v) is 1.70. The van der Waals surface area contributed by atoms with Crippen molar-refractivity contribution in [1.29, 1.82) is 0 Å². The highest BCUT2D eigenvalue weighted by molar-refractivity contribution is 7.80. The molecule has 0 aliphatic rings. The van der Waals surface area contributed by atoms with Crippen molar-refractivity contribution >= 4 is 17.2 Å². The van der Waals surface area contributed by atoms with E-state index in [1.807, 2.05) is 12.3 Å². The lowest BCUT2D eigenvalue weighted by atomic mass is 10.2. The SMILES string of the molecule is CC(C)N(CCc1cccnc1)CC(N)=S. The zero-order chi connectivity index (χ0) is 12.0. The molecule has 0 aliphatic carbocycles. The van der Waals surface area contributed by atoms with Crippen LogP contribution in [-0.4, -0.2) is 34.0 Å². The lowest BCUT2D eigenvalue weighted by Crippen LogP contribution is -2.39. The number of nitrogens with zero attached hydrogens (tertiary/aromatic N) is 2. The molecule has 0 saturated heterocycles. The van der Waals surface area contributed by atoms with E-state index < -0.39 is 0 Å². The molecule has 2 N–H and O–H groups in total. The number of rotatable bonds is 6. The van der Waals surface area contributed by atoms with Gasteiger partial charge >= 0.3 is 0 Å². The highest BCUT2D eigenvalue weighted by atomic mass is 32.1. The molecular weight excluding hydrogens is 218 g/mol. The molecule has 0 spiro atoms. The molecule has 88 valence electrons. The maximum absolute atomic E-state index is 5.58. The van der Waals surface area contributed by atoms with Crippen LogP contribution in [0.25, 0.3) is 0 Å². The Morgan fingerprint density at radius 3 is 2.81 bits per heavy atom. The first-order valence-corrected chi connectivity index (χ1v) is 5.91. The third-order valence-electron chi connectivity index (χ3n) is 2.50. The third-order valence-corrected chi connectivity index (χ3v) is 2.63. The van der Waals surface area contributed by atoms with Crippen molar-refractivity contribution in [1.82, 2.24) is 9.88 Å². The predicted molar refractivity (Wildman–Crippen MR) is 71.4 cm³/mol. The summed E-state index contributed by atoms with van der Waals surface area (Å²) in [7, 11) is 0. The fraction of sp³-hybridized carbons (Fsp3) is 0.500. The molecule has 1 aromatic rings. The molecule has 1 aromatic heterocycles. The third kappa shape index (κ3) is 4.68. The molecule has 0 radical (unpaired) electrons. The Morgan fingerprint density at radius 2 is 2.31 bits per heavy atom. The van der Waals surface area contributed by atoms with Gasteiger partial charge in [-0.25, -0.2) is 0 Å². The van der Waals surface area contributed by atoms with Crippen LogP contribution in [0.4, 0.5) is 0 Å². The minimum Gasteiger partial charge on any atom is -0.392 e. The first-order chi connectivity index (χ1) is 7.59. The van der Waals surface area contributed by atoms with E-state index in [1.54, 1.807) is 6.20 Å². The number of pyridine rings is 1. The van der Waals surface area contributed by atoms with Crippen molar-refractivity contribution in [3.05, 3.63) is 30.1 Å². The highest BCUT2D eigenvalue weighted by Crippen LogP contribution is 2.03. The smallest absolute Gasteiger partial charge is 0.0870 e. The topological polar surface area (TPSA) is 42.2 Å². The molecule has 0 saturated carbocycles. The molecule has 1 heterocycles. The van der Waals surface area contributed by atoms with Crippen molar-refractivity contribution in [2.45, 2.75) is 26.3 Å². The number of hydrogen-bond donors (Lipinski definition) is 1. The van der Waals surface area contributed by atoms with Crippen LogP contribution in [0.15, 0.2) is 24.5 Å². The van der Waals surface area contributed by atoms with Gasteiger partial charge in [0.2, 0.25) is 0 Å². The summed E-state index contributed by atoms with van der Waals surface area (Å²) in [5.74, 6) is 0. The number of hydrogen-bond acceptors (Lipinski definition) is 3. The van der Waals surface area contributed by atoms with E-state index in [-0.39, 0.29) is 0 Å². The monoisotopic (exact) mass is 237 g/mol. The Balaban J connectivity index is 2.47. The van der Waals surface area contributed by atoms with Gasteiger partial charge in [-0.05, 0) is 31.9 Å². The van der Waals surface area contributed by atoms with Crippen LogP contribution in [0.1, 0.15) is 19.4 Å². The van der Waals surface area contributed by atoms with Crippen LogP contribution in [-0.2, 0) is 6.42 Å². The molecule has 0 atom stereocenters. The summed E-state index contributed by atoms with van der Waals surface area (Å²) in [5, 5.41) is 0. The number of nitrogens with two attached hydrogens (primary N) is 1. The van der Waals surface area contributed by atoms with E-state index in [4.69, 9.17) is 18.0 Å². The van der Waals surface area contributed by atoms with Crippen molar-refractivity contribution in [2.75, 3.05) is 13.1 Å². The molecule has 0 bridgehead atoms. The van der Waals surface area contributed by atoms with Crippen molar-refractivity contribution in [3.63, 3.8) is 0 Å². The van der Waals surface area contributed by atoms with Gasteiger partial charge in [0, 0.05) is 31.5 Å². The number of thiocarbonyl (C=S) groups is 1. The van der Waals surface area contributed by atoms with Crippen LogP contribution in [0.3, 0.4) is 0 Å². The van der Waals surface area contributed by atoms with Crippen LogP contribution in [0, 0.1) is 0 Å². The predicted octanol–water partition coefficient (Wildman–Crippen LogP) is 1.62. The van der Waals surface area contributed by atoms with Crippen LogP contribution < -0.4 is 5.73 Å². The van der Waals surface area contributed by atoms with Gasteiger partial charge in [-0.2, -0.15) is 0 Å². The lowest BCUT2D eigenvalue weighted by molar-refractivity contribution is 0.257. The Labute approximate surface area is 103 Å². The van der Waals surface area contributed by atoms with Crippen LogP contribution in [0.2, 0.25) is 0 Å².